The molecule has 0 radical (unpaired) electrons. The number of benzene rings is 1. The van der Waals surface area contributed by atoms with Crippen molar-refractivity contribution in [1.29, 1.82) is 0 Å². The molecule has 0 aliphatic carbocycles. The maximum Gasteiger partial charge on any atom is 0.432 e. The second-order valence-electron chi connectivity index (χ2n) is 7.73. The van der Waals surface area contributed by atoms with Gasteiger partial charge in [0.15, 0.2) is 5.82 Å². The lowest BCUT2D eigenvalue weighted by Crippen LogP contribution is -2.49. The normalized spacial score (nSPS) is 16.1. The molecule has 3 rings (SSSR count). The first-order valence-corrected chi connectivity index (χ1v) is 9.02. The maximum absolute atomic E-state index is 13.2. The van der Waals surface area contributed by atoms with Crippen LogP contribution in [0.5, 0.6) is 0 Å². The van der Waals surface area contributed by atoms with Gasteiger partial charge < -0.3 is 26.0 Å². The van der Waals surface area contributed by atoms with E-state index in [2.05, 4.69) is 10.4 Å². The fraction of sp³-hybridized carbons (Fsp3) is 0.421. The summed E-state index contributed by atoms with van der Waals surface area (Å²) in [6, 6.07) is 9.24. The third kappa shape index (κ3) is 3.40. The number of fused-ring (bicyclic) bond motifs is 1. The van der Waals surface area contributed by atoms with Crippen LogP contribution in [0.25, 0.3) is 0 Å². The zero-order valence-electron chi connectivity index (χ0n) is 16.5. The highest BCUT2D eigenvalue weighted by atomic mass is 16.4. The smallest absolute Gasteiger partial charge is 0.432 e. The summed E-state index contributed by atoms with van der Waals surface area (Å²) >= 11 is 0. The molecule has 28 heavy (non-hydrogen) atoms. The molecule has 2 aromatic rings. The highest BCUT2D eigenvalue weighted by Gasteiger charge is 2.46. The van der Waals surface area contributed by atoms with Gasteiger partial charge >= 0.3 is 12.1 Å². The first kappa shape index (κ1) is 19.7. The zero-order chi connectivity index (χ0) is 20.6. The van der Waals surface area contributed by atoms with E-state index < -0.39 is 11.6 Å². The van der Waals surface area contributed by atoms with E-state index in [-0.39, 0.29) is 24.4 Å². The van der Waals surface area contributed by atoms with E-state index in [1.807, 2.05) is 49.3 Å². The number of nitrogens with two attached hydrogens (primary N) is 1. The Morgan fingerprint density at radius 1 is 1.32 bits per heavy atom. The van der Waals surface area contributed by atoms with E-state index in [9.17, 15) is 14.7 Å². The van der Waals surface area contributed by atoms with E-state index >= 15 is 0 Å². The molecule has 0 fully saturated rings. The SMILES string of the molecule is CN(C)C[C@@H](NC(=O)N1Cc2c(N)nn(C(=O)O)c2C1(C)C)c1ccccc1. The Hall–Kier alpha value is -3.07. The van der Waals surface area contributed by atoms with Gasteiger partial charge in [-0.3, -0.25) is 0 Å². The lowest BCUT2D eigenvalue weighted by Gasteiger charge is -2.34. The fourth-order valence-corrected chi connectivity index (χ4v) is 3.71. The number of rotatable bonds is 4. The molecule has 2 amide bonds. The van der Waals surface area contributed by atoms with Crippen molar-refractivity contribution in [2.45, 2.75) is 32.0 Å². The van der Waals surface area contributed by atoms with E-state index in [0.29, 0.717) is 17.8 Å². The molecule has 0 spiro atoms. The van der Waals surface area contributed by atoms with Crippen molar-refractivity contribution >= 4 is 17.9 Å². The van der Waals surface area contributed by atoms with Gasteiger partial charge in [0.05, 0.1) is 23.8 Å². The van der Waals surface area contributed by atoms with Crippen molar-refractivity contribution in [2.75, 3.05) is 26.4 Å². The number of urea groups is 1. The van der Waals surface area contributed by atoms with Crippen molar-refractivity contribution in [1.82, 2.24) is 24.9 Å². The predicted molar refractivity (Wildman–Crippen MR) is 105 cm³/mol. The Bertz CT molecular complexity index is 891. The lowest BCUT2D eigenvalue weighted by atomic mass is 10.0. The Balaban J connectivity index is 1.88. The van der Waals surface area contributed by atoms with Crippen molar-refractivity contribution in [2.24, 2.45) is 0 Å². The number of likely N-dealkylation sites (N-methyl/N-ethyl adjacent to an activating group) is 1. The molecule has 0 bridgehead atoms. The first-order chi connectivity index (χ1) is 13.1. The van der Waals surface area contributed by atoms with Crippen LogP contribution in [0.3, 0.4) is 0 Å². The molecule has 1 aromatic carbocycles. The largest absolute Gasteiger partial charge is 0.463 e. The summed E-state index contributed by atoms with van der Waals surface area (Å²) in [5.74, 6) is 0.133. The van der Waals surface area contributed by atoms with Crippen LogP contribution in [0.15, 0.2) is 30.3 Å². The summed E-state index contributed by atoms with van der Waals surface area (Å²) in [5.41, 5.74) is 7.04. The quantitative estimate of drug-likeness (QED) is 0.740. The van der Waals surface area contributed by atoms with Crippen LogP contribution in [-0.4, -0.2) is 57.5 Å². The van der Waals surface area contributed by atoms with Crippen LogP contribution in [0.2, 0.25) is 0 Å². The van der Waals surface area contributed by atoms with E-state index in [1.165, 1.54) is 0 Å². The molecule has 1 aliphatic rings. The molecule has 150 valence electrons. The van der Waals surface area contributed by atoms with Crippen LogP contribution in [0, 0.1) is 0 Å². The number of nitrogens with one attached hydrogen (secondary N) is 1. The van der Waals surface area contributed by atoms with Gasteiger partial charge in [0, 0.05) is 12.1 Å². The number of hydrogen-bond donors (Lipinski definition) is 3. The fourth-order valence-electron chi connectivity index (χ4n) is 3.71. The molecule has 1 atom stereocenters. The van der Waals surface area contributed by atoms with Crippen molar-refractivity contribution in [3.8, 4) is 0 Å². The van der Waals surface area contributed by atoms with Crippen molar-refractivity contribution in [3.05, 3.63) is 47.2 Å². The average molecular weight is 386 g/mol. The minimum Gasteiger partial charge on any atom is -0.463 e. The Morgan fingerprint density at radius 3 is 2.54 bits per heavy atom. The van der Waals surface area contributed by atoms with Gasteiger partial charge in [0.25, 0.3) is 0 Å². The van der Waals surface area contributed by atoms with Crippen molar-refractivity contribution < 1.29 is 14.7 Å². The predicted octanol–water partition coefficient (Wildman–Crippen LogP) is 2.05. The van der Waals surface area contributed by atoms with Gasteiger partial charge in [0.2, 0.25) is 0 Å². The average Bonchev–Trinajstić information content (AvgIpc) is 3.10. The number of nitrogens with zero attached hydrogens (tertiary/aromatic N) is 4. The molecule has 1 aliphatic heterocycles. The van der Waals surface area contributed by atoms with Crippen LogP contribution in [-0.2, 0) is 12.1 Å². The number of carbonyl (C=O) groups is 2. The number of carbonyl (C=O) groups excluding carboxylic acids is 1. The summed E-state index contributed by atoms with van der Waals surface area (Å²) in [6.07, 6.45) is -1.22. The van der Waals surface area contributed by atoms with E-state index in [0.717, 1.165) is 10.2 Å². The first-order valence-electron chi connectivity index (χ1n) is 9.02. The molecule has 0 saturated carbocycles. The Kier molecular flexibility index (Phi) is 5.03. The second-order valence-corrected chi connectivity index (χ2v) is 7.73. The topological polar surface area (TPSA) is 117 Å². The number of anilines is 1. The summed E-state index contributed by atoms with van der Waals surface area (Å²) in [6.45, 7) is 4.42. The number of aromatic nitrogens is 2. The van der Waals surface area contributed by atoms with Crippen LogP contribution in [0.4, 0.5) is 15.4 Å². The zero-order valence-corrected chi connectivity index (χ0v) is 16.5. The molecule has 0 saturated heterocycles. The van der Waals surface area contributed by atoms with Gasteiger partial charge in [-0.15, -0.1) is 5.10 Å². The number of hydrogen-bond acceptors (Lipinski definition) is 5. The van der Waals surface area contributed by atoms with Crippen LogP contribution >= 0.6 is 0 Å². The van der Waals surface area contributed by atoms with Gasteiger partial charge in [-0.1, -0.05) is 30.3 Å². The van der Waals surface area contributed by atoms with Gasteiger partial charge in [0.1, 0.15) is 0 Å². The summed E-state index contributed by atoms with van der Waals surface area (Å²) in [4.78, 5) is 28.3. The highest BCUT2D eigenvalue weighted by molar-refractivity contribution is 5.79. The Labute approximate surface area is 163 Å². The molecule has 2 heterocycles. The molecule has 4 N–H and O–H groups in total. The highest BCUT2D eigenvalue weighted by Crippen LogP contribution is 2.41. The monoisotopic (exact) mass is 386 g/mol. The molecule has 9 nitrogen and oxygen atoms in total. The number of nitrogen functional groups attached to an aromatic ring is 1. The second kappa shape index (κ2) is 7.16. The van der Waals surface area contributed by atoms with Crippen LogP contribution in [0.1, 0.15) is 36.7 Å². The van der Waals surface area contributed by atoms with Crippen LogP contribution < -0.4 is 11.1 Å². The third-order valence-electron chi connectivity index (χ3n) is 5.06. The number of amides is 2. The molecule has 9 heteroatoms. The summed E-state index contributed by atoms with van der Waals surface area (Å²) in [7, 11) is 3.89. The van der Waals surface area contributed by atoms with Gasteiger partial charge in [-0.25, -0.2) is 9.59 Å². The maximum atomic E-state index is 13.2. The summed E-state index contributed by atoms with van der Waals surface area (Å²) in [5, 5.41) is 16.4. The Morgan fingerprint density at radius 2 is 1.96 bits per heavy atom. The summed E-state index contributed by atoms with van der Waals surface area (Å²) < 4.78 is 0.868. The third-order valence-corrected chi connectivity index (χ3v) is 5.06. The minimum atomic E-state index is -1.22. The minimum absolute atomic E-state index is 0.133. The van der Waals surface area contributed by atoms with E-state index in [1.54, 1.807) is 18.7 Å². The van der Waals surface area contributed by atoms with Gasteiger partial charge in [-0.2, -0.15) is 4.68 Å². The lowest BCUT2D eigenvalue weighted by molar-refractivity contribution is 0.133. The van der Waals surface area contributed by atoms with E-state index in [4.69, 9.17) is 5.73 Å². The number of carboxylic acid groups (broad SMARTS) is 1. The molecule has 1 aromatic heterocycles. The molecular formula is C19H26N6O3. The van der Waals surface area contributed by atoms with Gasteiger partial charge in [-0.05, 0) is 33.5 Å². The van der Waals surface area contributed by atoms with Crippen molar-refractivity contribution in [3.63, 3.8) is 0 Å². The molecular weight excluding hydrogens is 360 g/mol. The molecule has 0 unspecified atom stereocenters. The standard InChI is InChI=1S/C19H26N6O3/c1-19(2)15-13(16(20)22-25(15)18(27)28)10-24(19)17(26)21-14(11-23(3)4)12-8-6-5-7-9-12/h5-9,14H,10-11H2,1-4H3,(H2,20,22)(H,21,26)(H,27,28)/t14-/m1/s1.